The average Bonchev–Trinajstić information content (AvgIpc) is 1.82. The second-order valence-corrected chi connectivity index (χ2v) is 4.71. The van der Waals surface area contributed by atoms with Crippen molar-refractivity contribution in [1.82, 2.24) is 0 Å². The molecule has 0 aliphatic heterocycles. The summed E-state index contributed by atoms with van der Waals surface area (Å²) in [7, 11) is 0.224. The average molecular weight is 165 g/mol. The molecule has 0 spiro atoms. The molecule has 60 valence electrons. The number of carbonyl (C=O) groups is 1. The fourth-order valence-electron chi connectivity index (χ4n) is 0.471. The quantitative estimate of drug-likeness (QED) is 0.562. The van der Waals surface area contributed by atoms with Gasteiger partial charge in [-0.1, -0.05) is 0 Å². The van der Waals surface area contributed by atoms with Crippen LogP contribution in [-0.4, -0.2) is 40.6 Å². The summed E-state index contributed by atoms with van der Waals surface area (Å²) in [5.74, 6) is -0.335. The molecule has 2 N–H and O–H groups in total. The Morgan fingerprint density at radius 1 is 1.60 bits per heavy atom. The third kappa shape index (κ3) is 4.64. The Morgan fingerprint density at radius 3 is 2.40 bits per heavy atom. The normalized spacial score (nSPS) is 13.6. The minimum Gasteiger partial charge on any atom is -0.479 e. The smallest absolute Gasteiger partial charge is 0.332 e. The van der Waals surface area contributed by atoms with Gasteiger partial charge in [-0.3, -0.25) is 0 Å². The Morgan fingerprint density at radius 2 is 2.10 bits per heavy atom. The second-order valence-electron chi connectivity index (χ2n) is 2.33. The topological polar surface area (TPSA) is 57.5 Å². The molecule has 4 heteroatoms. The van der Waals surface area contributed by atoms with Gasteiger partial charge in [-0.05, 0) is 10.9 Å². The van der Waals surface area contributed by atoms with Gasteiger partial charge in [0, 0.05) is 6.42 Å². The summed E-state index contributed by atoms with van der Waals surface area (Å²) >= 11 is 0. The number of aliphatic hydroxyl groups excluding tert-OH is 1. The number of carboxylic acid groups (broad SMARTS) is 1. The molecule has 3 nitrogen and oxygen atoms in total. The Balaban J connectivity index is 3.40. The second kappa shape index (κ2) is 4.57. The van der Waals surface area contributed by atoms with Crippen molar-refractivity contribution in [2.45, 2.75) is 12.5 Å². The molecule has 0 bridgehead atoms. The zero-order valence-corrected chi connectivity index (χ0v) is 7.02. The molecule has 0 aromatic rings. The molecular formula is C6H13O3S+. The van der Waals surface area contributed by atoms with E-state index < -0.39 is 12.1 Å². The molecule has 0 heterocycles. The fraction of sp³-hybridized carbons (Fsp3) is 0.833. The van der Waals surface area contributed by atoms with E-state index >= 15 is 0 Å². The van der Waals surface area contributed by atoms with E-state index in [9.17, 15) is 4.79 Å². The zero-order valence-electron chi connectivity index (χ0n) is 6.20. The van der Waals surface area contributed by atoms with E-state index in [0.29, 0.717) is 6.42 Å². The highest BCUT2D eigenvalue weighted by Crippen LogP contribution is 1.95. The van der Waals surface area contributed by atoms with E-state index in [-0.39, 0.29) is 10.9 Å². The van der Waals surface area contributed by atoms with Crippen LogP contribution in [0, 0.1) is 0 Å². The SMILES string of the molecule is C[S+](C)CC[C@@H](O)C(=O)O. The van der Waals surface area contributed by atoms with Gasteiger partial charge in [0.05, 0.1) is 12.5 Å². The monoisotopic (exact) mass is 165 g/mol. The minimum atomic E-state index is -1.17. The van der Waals surface area contributed by atoms with Crippen LogP contribution in [0.2, 0.25) is 0 Å². The Labute approximate surface area is 63.4 Å². The number of aliphatic carboxylic acids is 1. The van der Waals surface area contributed by atoms with Crippen molar-refractivity contribution in [3.05, 3.63) is 0 Å². The van der Waals surface area contributed by atoms with Gasteiger partial charge < -0.3 is 10.2 Å². The van der Waals surface area contributed by atoms with Crippen LogP contribution in [0.4, 0.5) is 0 Å². The third-order valence-electron chi connectivity index (χ3n) is 1.08. The molecule has 0 aromatic carbocycles. The lowest BCUT2D eigenvalue weighted by molar-refractivity contribution is -0.146. The summed E-state index contributed by atoms with van der Waals surface area (Å²) in [6, 6.07) is 0. The lowest BCUT2D eigenvalue weighted by Crippen LogP contribution is -2.22. The van der Waals surface area contributed by atoms with Crippen LogP contribution in [0.25, 0.3) is 0 Å². The van der Waals surface area contributed by atoms with Crippen molar-refractivity contribution in [3.8, 4) is 0 Å². The summed E-state index contributed by atoms with van der Waals surface area (Å²) < 4.78 is 0. The van der Waals surface area contributed by atoms with E-state index in [1.54, 1.807) is 0 Å². The molecule has 0 aromatic heterocycles. The summed E-state index contributed by atoms with van der Waals surface area (Å²) in [6.45, 7) is 0. The highest BCUT2D eigenvalue weighted by atomic mass is 32.2. The minimum absolute atomic E-state index is 0.224. The van der Waals surface area contributed by atoms with Gasteiger partial charge in [-0.25, -0.2) is 4.79 Å². The van der Waals surface area contributed by atoms with E-state index in [1.165, 1.54) is 0 Å². The van der Waals surface area contributed by atoms with Crippen molar-refractivity contribution in [3.63, 3.8) is 0 Å². The Bertz CT molecular complexity index is 114. The third-order valence-corrected chi connectivity index (χ3v) is 2.14. The summed E-state index contributed by atoms with van der Waals surface area (Å²) in [4.78, 5) is 10.1. The molecule has 0 amide bonds. The van der Waals surface area contributed by atoms with Gasteiger partial charge in [0.2, 0.25) is 0 Å². The summed E-state index contributed by atoms with van der Waals surface area (Å²) in [6.07, 6.45) is 3.24. The molecular weight excluding hydrogens is 152 g/mol. The van der Waals surface area contributed by atoms with E-state index in [2.05, 4.69) is 0 Å². The highest BCUT2D eigenvalue weighted by molar-refractivity contribution is 7.95. The Kier molecular flexibility index (Phi) is 4.47. The molecule has 0 unspecified atom stereocenters. The number of rotatable bonds is 4. The lowest BCUT2D eigenvalue weighted by atomic mass is 10.3. The first-order chi connectivity index (χ1) is 4.54. The lowest BCUT2D eigenvalue weighted by Gasteiger charge is -2.01. The molecule has 0 rings (SSSR count). The molecule has 0 fully saturated rings. The standard InChI is InChI=1S/C6H12O3S/c1-10(2)4-3-5(7)6(8)9/h5,7H,3-4H2,1-2H3/p+1/t5-/m1/s1. The van der Waals surface area contributed by atoms with Gasteiger partial charge in [-0.2, -0.15) is 0 Å². The molecule has 0 aliphatic rings. The predicted molar refractivity (Wildman–Crippen MR) is 42.3 cm³/mol. The van der Waals surface area contributed by atoms with Gasteiger partial charge >= 0.3 is 5.97 Å². The summed E-state index contributed by atoms with van der Waals surface area (Å²) in [5.41, 5.74) is 0. The molecule has 0 saturated carbocycles. The number of hydrogen-bond donors (Lipinski definition) is 2. The van der Waals surface area contributed by atoms with Crippen LogP contribution in [0.3, 0.4) is 0 Å². The van der Waals surface area contributed by atoms with Crippen LogP contribution in [-0.2, 0) is 15.7 Å². The van der Waals surface area contributed by atoms with E-state index in [0.717, 1.165) is 5.75 Å². The number of carboxylic acids is 1. The highest BCUT2D eigenvalue weighted by Gasteiger charge is 2.15. The van der Waals surface area contributed by atoms with Crippen LogP contribution < -0.4 is 0 Å². The van der Waals surface area contributed by atoms with Crippen LogP contribution >= 0.6 is 0 Å². The maximum Gasteiger partial charge on any atom is 0.332 e. The van der Waals surface area contributed by atoms with Gasteiger partial charge in [0.15, 0.2) is 6.10 Å². The van der Waals surface area contributed by atoms with Crippen molar-refractivity contribution in [2.24, 2.45) is 0 Å². The molecule has 0 aliphatic carbocycles. The number of hydrogen-bond acceptors (Lipinski definition) is 2. The van der Waals surface area contributed by atoms with Crippen molar-refractivity contribution >= 4 is 16.9 Å². The predicted octanol–water partition coefficient (Wildman–Crippen LogP) is -0.300. The van der Waals surface area contributed by atoms with Gasteiger partial charge in [0.25, 0.3) is 0 Å². The molecule has 10 heavy (non-hydrogen) atoms. The van der Waals surface area contributed by atoms with Gasteiger partial charge in [-0.15, -0.1) is 0 Å². The fourth-order valence-corrected chi connectivity index (χ4v) is 1.17. The Hall–Kier alpha value is -0.220. The largest absolute Gasteiger partial charge is 0.479 e. The van der Waals surface area contributed by atoms with Crippen molar-refractivity contribution in [1.29, 1.82) is 0 Å². The zero-order chi connectivity index (χ0) is 8.15. The van der Waals surface area contributed by atoms with Crippen molar-refractivity contribution < 1.29 is 15.0 Å². The van der Waals surface area contributed by atoms with Gasteiger partial charge in [0.1, 0.15) is 5.75 Å². The van der Waals surface area contributed by atoms with Crippen LogP contribution in [0.1, 0.15) is 6.42 Å². The maximum atomic E-state index is 10.1. The first-order valence-corrected chi connectivity index (χ1v) is 5.20. The van der Waals surface area contributed by atoms with Crippen LogP contribution in [0.5, 0.6) is 0 Å². The van der Waals surface area contributed by atoms with Crippen LogP contribution in [0.15, 0.2) is 0 Å². The number of aliphatic hydroxyl groups is 1. The molecule has 1 atom stereocenters. The van der Waals surface area contributed by atoms with E-state index in [4.69, 9.17) is 10.2 Å². The summed E-state index contributed by atoms with van der Waals surface area (Å²) in [5, 5.41) is 17.0. The molecule has 0 radical (unpaired) electrons. The first kappa shape index (κ1) is 9.78. The van der Waals surface area contributed by atoms with E-state index in [1.807, 2.05) is 12.5 Å². The molecule has 0 saturated heterocycles. The first-order valence-electron chi connectivity index (χ1n) is 2.99. The maximum absolute atomic E-state index is 10.1. The van der Waals surface area contributed by atoms with Crippen molar-refractivity contribution in [2.75, 3.05) is 18.3 Å².